The Morgan fingerprint density at radius 2 is 1.25 bits per heavy atom. The van der Waals surface area contributed by atoms with Gasteiger partial charge in [-0.2, -0.15) is 0 Å². The van der Waals surface area contributed by atoms with Crippen LogP contribution in [0.1, 0.15) is 19.4 Å². The molecule has 0 radical (unpaired) electrons. The second-order valence-electron chi connectivity index (χ2n) is 14.0. The number of aromatic nitrogens is 2. The average molecular weight is 671 g/mol. The van der Waals surface area contributed by atoms with E-state index in [4.69, 9.17) is 14.7 Å². The van der Waals surface area contributed by atoms with Crippen LogP contribution >= 0.6 is 0 Å². The van der Waals surface area contributed by atoms with Crippen LogP contribution < -0.4 is 4.74 Å². The lowest BCUT2D eigenvalue weighted by molar-refractivity contribution is 0.173. The van der Waals surface area contributed by atoms with Gasteiger partial charge in [0.25, 0.3) is 0 Å². The number of hydrogen-bond donors (Lipinski definition) is 0. The number of ether oxygens (including phenoxy) is 1. The number of rotatable bonds is 6. The van der Waals surface area contributed by atoms with Gasteiger partial charge in [-0.3, -0.25) is 0 Å². The van der Waals surface area contributed by atoms with E-state index in [1.54, 1.807) is 0 Å². The first-order valence-corrected chi connectivity index (χ1v) is 18.0. The molecule has 0 aliphatic carbocycles. The Kier molecular flexibility index (Phi) is 7.97. The van der Waals surface area contributed by atoms with E-state index in [9.17, 15) is 0 Å². The van der Waals surface area contributed by atoms with E-state index in [-0.39, 0.29) is 6.10 Å². The van der Waals surface area contributed by atoms with Gasteiger partial charge in [-0.1, -0.05) is 166 Å². The molecule has 3 nitrogen and oxygen atoms in total. The molecular weight excluding hydrogens is 633 g/mol. The minimum Gasteiger partial charge on any atom is -0.485 e. The van der Waals surface area contributed by atoms with Crippen LogP contribution in [-0.2, 0) is 6.42 Å². The van der Waals surface area contributed by atoms with E-state index in [0.29, 0.717) is 11.7 Å². The van der Waals surface area contributed by atoms with Gasteiger partial charge in [0.1, 0.15) is 11.9 Å². The van der Waals surface area contributed by atoms with E-state index in [0.717, 1.165) is 73.3 Å². The summed E-state index contributed by atoms with van der Waals surface area (Å²) in [5, 5.41) is 3.42. The molecule has 8 aromatic rings. The number of para-hydroxylation sites is 2. The molecule has 0 saturated carbocycles. The zero-order valence-corrected chi connectivity index (χ0v) is 29.4. The second kappa shape index (κ2) is 13.1. The van der Waals surface area contributed by atoms with Gasteiger partial charge in [-0.05, 0) is 67.8 Å². The van der Waals surface area contributed by atoms with Gasteiger partial charge in [0.2, 0.25) is 0 Å². The molecule has 0 N–H and O–H groups in total. The number of hydrogen-bond acceptors (Lipinski definition) is 3. The third-order valence-corrected chi connectivity index (χ3v) is 10.3. The lowest BCUT2D eigenvalue weighted by atomic mass is 9.86. The molecule has 1 aromatic heterocycles. The van der Waals surface area contributed by atoms with Gasteiger partial charge < -0.3 is 4.74 Å². The van der Waals surface area contributed by atoms with Crippen LogP contribution in [0.5, 0.6) is 5.75 Å². The topological polar surface area (TPSA) is 35.0 Å². The molecule has 7 aromatic carbocycles. The van der Waals surface area contributed by atoms with Gasteiger partial charge in [0.05, 0.1) is 11.2 Å². The molecule has 1 atom stereocenters. The van der Waals surface area contributed by atoms with Crippen LogP contribution in [0.15, 0.2) is 170 Å². The molecule has 2 heterocycles. The molecule has 250 valence electrons. The molecule has 0 fully saturated rings. The first kappa shape index (κ1) is 31.6. The van der Waals surface area contributed by atoms with Crippen LogP contribution in [0.3, 0.4) is 0 Å². The molecule has 9 rings (SSSR count). The predicted octanol–water partition coefficient (Wildman–Crippen LogP) is 12.6. The van der Waals surface area contributed by atoms with Crippen LogP contribution in [-0.4, -0.2) is 16.1 Å². The molecule has 1 aliphatic rings. The molecule has 1 unspecified atom stereocenters. The monoisotopic (exact) mass is 670 g/mol. The molecule has 0 spiro atoms. The number of nitrogens with zero attached hydrogens (tertiary/aromatic N) is 2. The minimum atomic E-state index is -0.00210. The zero-order chi connectivity index (χ0) is 35.2. The Morgan fingerprint density at radius 1 is 0.577 bits per heavy atom. The fraction of sp³-hybridized carbons (Fsp3) is 0.102. The molecule has 0 bridgehead atoms. The van der Waals surface area contributed by atoms with Gasteiger partial charge >= 0.3 is 0 Å². The Hall–Kier alpha value is -6.32. The summed E-state index contributed by atoms with van der Waals surface area (Å²) >= 11 is 0. The summed E-state index contributed by atoms with van der Waals surface area (Å²) in [6.45, 7) is 8.78. The normalized spacial score (nSPS) is 14.1. The third kappa shape index (κ3) is 5.56. The molecular formula is C49H38N2O. The summed E-state index contributed by atoms with van der Waals surface area (Å²) in [5.74, 6) is 2.01. The zero-order valence-electron chi connectivity index (χ0n) is 29.4. The van der Waals surface area contributed by atoms with Gasteiger partial charge in [-0.25, -0.2) is 9.97 Å². The first-order chi connectivity index (χ1) is 25.5. The van der Waals surface area contributed by atoms with Crippen molar-refractivity contribution in [2.24, 2.45) is 5.92 Å². The average Bonchev–Trinajstić information content (AvgIpc) is 3.19. The molecule has 0 amide bonds. The SMILES string of the molecule is C=C1Cc2cccc(-c3cccc(-c4c(-c5ccccc5-c5nc(-c6ccccc6)c6ccccc6n5)ccc5ccccc45)c3)c2OC1C(C)C. The summed E-state index contributed by atoms with van der Waals surface area (Å²) < 4.78 is 6.72. The van der Waals surface area contributed by atoms with E-state index >= 15 is 0 Å². The standard InChI is InChI=1S/C49H38N2O/c1-31(2)47-32(3)29-37-20-14-25-39(48(37)52-47)35-18-13-19-36(30-35)45-38-21-8-7-15-33(38)27-28-41(45)40-22-9-10-23-42(40)49-50-44-26-12-11-24-43(44)46(51-49)34-16-5-4-6-17-34/h4-28,30-31,47H,3,29H2,1-2H3. The maximum absolute atomic E-state index is 6.72. The summed E-state index contributed by atoms with van der Waals surface area (Å²) in [7, 11) is 0. The largest absolute Gasteiger partial charge is 0.485 e. The van der Waals surface area contributed by atoms with Gasteiger partial charge in [-0.15, -0.1) is 0 Å². The van der Waals surface area contributed by atoms with Crippen LogP contribution in [0.4, 0.5) is 0 Å². The third-order valence-electron chi connectivity index (χ3n) is 10.3. The van der Waals surface area contributed by atoms with Crippen LogP contribution in [0, 0.1) is 5.92 Å². The Labute approximate surface area is 304 Å². The lowest BCUT2D eigenvalue weighted by Gasteiger charge is -2.32. The highest BCUT2D eigenvalue weighted by atomic mass is 16.5. The molecule has 0 saturated heterocycles. The van der Waals surface area contributed by atoms with Crippen LogP contribution in [0.25, 0.3) is 77.7 Å². The highest BCUT2D eigenvalue weighted by Gasteiger charge is 2.28. The highest BCUT2D eigenvalue weighted by molar-refractivity contribution is 6.06. The van der Waals surface area contributed by atoms with Crippen molar-refractivity contribution in [3.05, 3.63) is 175 Å². The maximum Gasteiger partial charge on any atom is 0.161 e. The molecule has 1 aliphatic heterocycles. The van der Waals surface area contributed by atoms with Crippen molar-refractivity contribution >= 4 is 21.7 Å². The van der Waals surface area contributed by atoms with Crippen molar-refractivity contribution in [3.63, 3.8) is 0 Å². The fourth-order valence-electron chi connectivity index (χ4n) is 7.83. The van der Waals surface area contributed by atoms with Gasteiger partial charge in [0, 0.05) is 28.5 Å². The van der Waals surface area contributed by atoms with Crippen molar-refractivity contribution in [3.8, 4) is 61.8 Å². The van der Waals surface area contributed by atoms with E-state index in [2.05, 4.69) is 166 Å². The van der Waals surface area contributed by atoms with E-state index < -0.39 is 0 Å². The van der Waals surface area contributed by atoms with Gasteiger partial charge in [0.15, 0.2) is 5.82 Å². The van der Waals surface area contributed by atoms with Crippen molar-refractivity contribution in [2.45, 2.75) is 26.4 Å². The smallest absolute Gasteiger partial charge is 0.161 e. The molecule has 3 heteroatoms. The van der Waals surface area contributed by atoms with E-state index in [1.165, 1.54) is 21.9 Å². The Balaban J connectivity index is 1.24. The highest BCUT2D eigenvalue weighted by Crippen LogP contribution is 2.45. The summed E-state index contributed by atoms with van der Waals surface area (Å²) in [6.07, 6.45) is 0.830. The Bertz CT molecular complexity index is 2640. The van der Waals surface area contributed by atoms with Crippen molar-refractivity contribution in [2.75, 3.05) is 0 Å². The van der Waals surface area contributed by atoms with E-state index in [1.807, 2.05) is 12.1 Å². The van der Waals surface area contributed by atoms with Crippen LogP contribution in [0.2, 0.25) is 0 Å². The van der Waals surface area contributed by atoms with Crippen molar-refractivity contribution in [1.29, 1.82) is 0 Å². The summed E-state index contributed by atoms with van der Waals surface area (Å²) in [4.78, 5) is 10.4. The van der Waals surface area contributed by atoms with Crippen molar-refractivity contribution in [1.82, 2.24) is 9.97 Å². The lowest BCUT2D eigenvalue weighted by Crippen LogP contribution is -2.30. The summed E-state index contributed by atoms with van der Waals surface area (Å²) in [6, 6.07) is 55.8. The first-order valence-electron chi connectivity index (χ1n) is 18.0. The number of benzene rings is 7. The number of fused-ring (bicyclic) bond motifs is 3. The second-order valence-corrected chi connectivity index (χ2v) is 14.0. The molecule has 52 heavy (non-hydrogen) atoms. The summed E-state index contributed by atoms with van der Waals surface area (Å²) in [5.41, 5.74) is 13.0. The fourth-order valence-corrected chi connectivity index (χ4v) is 7.83. The quantitative estimate of drug-likeness (QED) is 0.165. The Morgan fingerprint density at radius 3 is 2.10 bits per heavy atom. The maximum atomic E-state index is 6.72. The van der Waals surface area contributed by atoms with Crippen molar-refractivity contribution < 1.29 is 4.74 Å². The minimum absolute atomic E-state index is 0.00210. The predicted molar refractivity (Wildman–Crippen MR) is 216 cm³/mol.